The molecule has 4 nitrogen and oxygen atoms in total. The maximum Gasteiger partial charge on any atom is 0.421 e. The molecule has 0 aliphatic rings. The number of ether oxygens (including phenoxy) is 1. The Balaban J connectivity index is 3.16. The van der Waals surface area contributed by atoms with Crippen molar-refractivity contribution in [2.24, 2.45) is 0 Å². The SMILES string of the molecule is COC(=O)N(C(=O)Cl)c1ccc(Cl)c(Cl)c1. The lowest BCUT2D eigenvalue weighted by Gasteiger charge is -2.16. The summed E-state index contributed by atoms with van der Waals surface area (Å²) in [7, 11) is 1.13. The van der Waals surface area contributed by atoms with E-state index in [0.29, 0.717) is 9.92 Å². The van der Waals surface area contributed by atoms with E-state index >= 15 is 0 Å². The summed E-state index contributed by atoms with van der Waals surface area (Å²) >= 11 is 16.7. The average Bonchev–Trinajstić information content (AvgIpc) is 2.22. The normalized spacial score (nSPS) is 9.75. The number of methoxy groups -OCH3 is 1. The largest absolute Gasteiger partial charge is 0.452 e. The topological polar surface area (TPSA) is 46.6 Å². The van der Waals surface area contributed by atoms with Gasteiger partial charge in [0.05, 0.1) is 22.8 Å². The fourth-order valence-corrected chi connectivity index (χ4v) is 1.45. The van der Waals surface area contributed by atoms with Crippen LogP contribution in [-0.2, 0) is 4.74 Å². The van der Waals surface area contributed by atoms with E-state index in [2.05, 4.69) is 4.74 Å². The molecule has 1 aromatic rings. The van der Waals surface area contributed by atoms with Gasteiger partial charge in [0.2, 0.25) is 0 Å². The molecule has 86 valence electrons. The first-order valence-corrected chi connectivity index (χ1v) is 5.13. The van der Waals surface area contributed by atoms with Gasteiger partial charge in [0.25, 0.3) is 0 Å². The van der Waals surface area contributed by atoms with Crippen LogP contribution in [0.1, 0.15) is 0 Å². The average molecular weight is 283 g/mol. The van der Waals surface area contributed by atoms with E-state index in [1.54, 1.807) is 0 Å². The zero-order valence-corrected chi connectivity index (χ0v) is 10.3. The molecular formula is C9H6Cl3NO3. The van der Waals surface area contributed by atoms with Crippen LogP contribution < -0.4 is 4.90 Å². The van der Waals surface area contributed by atoms with Crippen LogP contribution in [0.3, 0.4) is 0 Å². The van der Waals surface area contributed by atoms with Gasteiger partial charge in [-0.25, -0.2) is 9.69 Å². The second-order valence-corrected chi connectivity index (χ2v) is 3.79. The molecule has 0 aliphatic heterocycles. The van der Waals surface area contributed by atoms with Gasteiger partial charge in [-0.3, -0.25) is 4.79 Å². The van der Waals surface area contributed by atoms with Crippen LogP contribution in [0, 0.1) is 0 Å². The van der Waals surface area contributed by atoms with E-state index in [9.17, 15) is 9.59 Å². The van der Waals surface area contributed by atoms with Gasteiger partial charge in [0.1, 0.15) is 0 Å². The lowest BCUT2D eigenvalue weighted by molar-refractivity contribution is 0.180. The van der Waals surface area contributed by atoms with Gasteiger partial charge in [-0.1, -0.05) is 23.2 Å². The first-order valence-electron chi connectivity index (χ1n) is 4.00. The first kappa shape index (κ1) is 13.1. The standard InChI is InChI=1S/C9H6Cl3NO3/c1-16-9(15)13(8(12)14)5-2-3-6(10)7(11)4-5/h2-4H,1H3. The highest BCUT2D eigenvalue weighted by Crippen LogP contribution is 2.28. The monoisotopic (exact) mass is 281 g/mol. The van der Waals surface area contributed by atoms with Gasteiger partial charge in [-0.2, -0.15) is 0 Å². The summed E-state index contributed by atoms with van der Waals surface area (Å²) in [6.45, 7) is 0. The van der Waals surface area contributed by atoms with E-state index < -0.39 is 11.5 Å². The third kappa shape index (κ3) is 2.78. The van der Waals surface area contributed by atoms with Gasteiger partial charge < -0.3 is 4.74 Å². The Bertz CT molecular complexity index is 436. The quantitative estimate of drug-likeness (QED) is 0.579. The van der Waals surface area contributed by atoms with E-state index in [4.69, 9.17) is 34.8 Å². The molecule has 0 aliphatic carbocycles. The fourth-order valence-electron chi connectivity index (χ4n) is 0.994. The molecule has 1 aromatic carbocycles. The third-order valence-electron chi connectivity index (χ3n) is 1.69. The smallest absolute Gasteiger partial charge is 0.421 e. The zero-order chi connectivity index (χ0) is 12.3. The van der Waals surface area contributed by atoms with Crippen molar-refractivity contribution in [3.63, 3.8) is 0 Å². The van der Waals surface area contributed by atoms with E-state index in [-0.39, 0.29) is 10.7 Å². The Hall–Kier alpha value is -0.970. The maximum absolute atomic E-state index is 11.3. The zero-order valence-electron chi connectivity index (χ0n) is 8.04. The maximum atomic E-state index is 11.3. The molecule has 7 heteroatoms. The fraction of sp³-hybridized carbons (Fsp3) is 0.111. The molecule has 0 radical (unpaired) electrons. The van der Waals surface area contributed by atoms with Gasteiger partial charge in [0.15, 0.2) is 0 Å². The van der Waals surface area contributed by atoms with Crippen LogP contribution in [0.15, 0.2) is 18.2 Å². The predicted molar refractivity (Wildman–Crippen MR) is 62.6 cm³/mol. The number of amides is 2. The molecule has 0 unspecified atom stereocenters. The molecule has 0 heterocycles. The van der Waals surface area contributed by atoms with Crippen LogP contribution >= 0.6 is 34.8 Å². The van der Waals surface area contributed by atoms with Crippen LogP contribution in [0.25, 0.3) is 0 Å². The number of hydrogen-bond acceptors (Lipinski definition) is 3. The van der Waals surface area contributed by atoms with Crippen molar-refractivity contribution in [1.82, 2.24) is 0 Å². The van der Waals surface area contributed by atoms with Crippen molar-refractivity contribution in [2.75, 3.05) is 12.0 Å². The summed E-state index contributed by atoms with van der Waals surface area (Å²) in [5, 5.41) is -0.492. The van der Waals surface area contributed by atoms with Crippen molar-refractivity contribution >= 4 is 51.9 Å². The number of hydrogen-bond donors (Lipinski definition) is 0. The Morgan fingerprint density at radius 3 is 2.31 bits per heavy atom. The lowest BCUT2D eigenvalue weighted by Crippen LogP contribution is -2.32. The second-order valence-electron chi connectivity index (χ2n) is 2.66. The second kappa shape index (κ2) is 5.39. The summed E-state index contributed by atoms with van der Waals surface area (Å²) in [5.41, 5.74) is 0.182. The Morgan fingerprint density at radius 1 is 1.25 bits per heavy atom. The number of nitrogens with zero attached hydrogens (tertiary/aromatic N) is 1. The van der Waals surface area contributed by atoms with Crippen molar-refractivity contribution < 1.29 is 14.3 Å². The molecule has 0 fully saturated rings. The number of rotatable bonds is 1. The lowest BCUT2D eigenvalue weighted by atomic mass is 10.3. The third-order valence-corrected chi connectivity index (χ3v) is 2.60. The Morgan fingerprint density at radius 2 is 1.88 bits per heavy atom. The van der Waals surface area contributed by atoms with E-state index in [1.165, 1.54) is 18.2 Å². The molecule has 1 rings (SSSR count). The van der Waals surface area contributed by atoms with Crippen LogP contribution in [0.2, 0.25) is 10.0 Å². The van der Waals surface area contributed by atoms with Gasteiger partial charge >= 0.3 is 11.5 Å². The number of halogens is 3. The highest BCUT2D eigenvalue weighted by molar-refractivity contribution is 6.68. The molecule has 0 saturated heterocycles. The van der Waals surface area contributed by atoms with Gasteiger partial charge in [-0.05, 0) is 29.8 Å². The molecule has 0 atom stereocenters. The number of imide groups is 1. The Labute approximate surface area is 107 Å². The number of carbonyl (C=O) groups is 2. The Kier molecular flexibility index (Phi) is 4.41. The summed E-state index contributed by atoms with van der Waals surface area (Å²) in [5.74, 6) is 0. The molecule has 16 heavy (non-hydrogen) atoms. The van der Waals surface area contributed by atoms with Gasteiger partial charge in [0, 0.05) is 0 Å². The van der Waals surface area contributed by atoms with Gasteiger partial charge in [-0.15, -0.1) is 0 Å². The molecule has 0 N–H and O–H groups in total. The molecule has 0 saturated carbocycles. The minimum atomic E-state index is -0.995. The van der Waals surface area contributed by atoms with E-state index in [0.717, 1.165) is 7.11 Å². The molecular weight excluding hydrogens is 276 g/mol. The number of carbonyl (C=O) groups excluding carboxylic acids is 2. The van der Waals surface area contributed by atoms with E-state index in [1.807, 2.05) is 0 Å². The van der Waals surface area contributed by atoms with Crippen LogP contribution in [0.5, 0.6) is 0 Å². The van der Waals surface area contributed by atoms with Crippen LogP contribution in [-0.4, -0.2) is 18.6 Å². The van der Waals surface area contributed by atoms with Crippen LogP contribution in [0.4, 0.5) is 15.3 Å². The summed E-state index contributed by atoms with van der Waals surface area (Å²) in [6, 6.07) is 4.20. The van der Waals surface area contributed by atoms with Crippen molar-refractivity contribution in [2.45, 2.75) is 0 Å². The molecule has 0 bridgehead atoms. The first-order chi connectivity index (χ1) is 7.47. The minimum Gasteiger partial charge on any atom is -0.452 e. The molecule has 0 aromatic heterocycles. The summed E-state index contributed by atoms with van der Waals surface area (Å²) in [4.78, 5) is 23.0. The highest BCUT2D eigenvalue weighted by atomic mass is 35.5. The number of benzene rings is 1. The number of anilines is 1. The van der Waals surface area contributed by atoms with Crippen molar-refractivity contribution in [1.29, 1.82) is 0 Å². The predicted octanol–water partition coefficient (Wildman–Crippen LogP) is 3.93. The van der Waals surface area contributed by atoms with Crippen molar-refractivity contribution in [3.05, 3.63) is 28.2 Å². The van der Waals surface area contributed by atoms with Crippen molar-refractivity contribution in [3.8, 4) is 0 Å². The minimum absolute atomic E-state index is 0.182. The summed E-state index contributed by atoms with van der Waals surface area (Å²) < 4.78 is 4.40. The summed E-state index contributed by atoms with van der Waals surface area (Å²) in [6.07, 6.45) is -0.904. The molecule has 2 amide bonds. The molecule has 0 spiro atoms. The highest BCUT2D eigenvalue weighted by Gasteiger charge is 2.23.